The molecule has 106 valence electrons. The van der Waals surface area contributed by atoms with E-state index >= 15 is 0 Å². The maximum atomic E-state index is 6.16. The second kappa shape index (κ2) is 6.96. The molecule has 2 nitrogen and oxygen atoms in total. The Hall–Kier alpha value is -0.250. The normalized spacial score (nSPS) is 23.7. The van der Waals surface area contributed by atoms with Gasteiger partial charge in [0.25, 0.3) is 0 Å². The molecule has 0 amide bonds. The number of hydrogen-bond donors (Lipinski definition) is 1. The van der Waals surface area contributed by atoms with Gasteiger partial charge >= 0.3 is 0 Å². The zero-order valence-corrected chi connectivity index (χ0v) is 14.0. The largest absolute Gasteiger partial charge is 0.365 e. The molecule has 1 N–H and O–H groups in total. The van der Waals surface area contributed by atoms with E-state index < -0.39 is 0 Å². The first-order chi connectivity index (χ1) is 9.15. The van der Waals surface area contributed by atoms with Crippen LogP contribution in [0, 0.1) is 0 Å². The summed E-state index contributed by atoms with van der Waals surface area (Å²) in [4.78, 5) is 2.51. The molecule has 19 heavy (non-hydrogen) atoms. The quantitative estimate of drug-likeness (QED) is 0.866. The lowest BCUT2D eigenvalue weighted by molar-refractivity contribution is 0.369. The molecule has 2 unspecified atom stereocenters. The van der Waals surface area contributed by atoms with E-state index in [1.54, 1.807) is 0 Å². The van der Waals surface area contributed by atoms with E-state index in [1.807, 2.05) is 12.1 Å². The SMILES string of the molecule is CCCC1CN(c2cc(Cl)ccc2Br)C(CC)CN1. The average molecular weight is 346 g/mol. The van der Waals surface area contributed by atoms with Gasteiger partial charge in [-0.05, 0) is 47.0 Å². The first-order valence-corrected chi connectivity index (χ1v) is 8.27. The first-order valence-electron chi connectivity index (χ1n) is 7.10. The molecular formula is C15H22BrClN2. The zero-order chi connectivity index (χ0) is 13.8. The van der Waals surface area contributed by atoms with Crippen LogP contribution in [0.15, 0.2) is 22.7 Å². The fraction of sp³-hybridized carbons (Fsp3) is 0.600. The van der Waals surface area contributed by atoms with Crippen molar-refractivity contribution in [2.24, 2.45) is 0 Å². The third kappa shape index (κ3) is 3.65. The molecule has 1 aliphatic rings. The first kappa shape index (κ1) is 15.1. The van der Waals surface area contributed by atoms with Crippen molar-refractivity contribution in [3.05, 3.63) is 27.7 Å². The molecule has 1 aliphatic heterocycles. The van der Waals surface area contributed by atoms with Crippen molar-refractivity contribution >= 4 is 33.2 Å². The predicted molar refractivity (Wildman–Crippen MR) is 87.3 cm³/mol. The standard InChI is InChI=1S/C15H22BrClN2/c1-3-5-12-10-19(13(4-2)9-18-12)15-8-11(17)6-7-14(15)16/h6-8,12-13,18H,3-5,9-10H2,1-2H3. The topological polar surface area (TPSA) is 15.3 Å². The number of rotatable bonds is 4. The summed E-state index contributed by atoms with van der Waals surface area (Å²) in [5.74, 6) is 0. The summed E-state index contributed by atoms with van der Waals surface area (Å²) in [6, 6.07) is 7.17. The molecule has 0 bridgehead atoms. The van der Waals surface area contributed by atoms with Gasteiger partial charge in [-0.3, -0.25) is 0 Å². The van der Waals surface area contributed by atoms with Crippen molar-refractivity contribution in [3.8, 4) is 0 Å². The van der Waals surface area contributed by atoms with E-state index in [9.17, 15) is 0 Å². The molecule has 0 radical (unpaired) electrons. The van der Waals surface area contributed by atoms with Gasteiger partial charge in [0.1, 0.15) is 0 Å². The summed E-state index contributed by atoms with van der Waals surface area (Å²) in [5, 5.41) is 4.47. The molecule has 1 saturated heterocycles. The maximum absolute atomic E-state index is 6.16. The lowest BCUT2D eigenvalue weighted by Gasteiger charge is -2.42. The highest BCUT2D eigenvalue weighted by molar-refractivity contribution is 9.10. The van der Waals surface area contributed by atoms with E-state index in [4.69, 9.17) is 11.6 Å². The van der Waals surface area contributed by atoms with Crippen molar-refractivity contribution in [2.75, 3.05) is 18.0 Å². The molecule has 0 saturated carbocycles. The average Bonchev–Trinajstić information content (AvgIpc) is 2.42. The second-order valence-corrected chi connectivity index (χ2v) is 6.49. The summed E-state index contributed by atoms with van der Waals surface area (Å²) >= 11 is 9.82. The summed E-state index contributed by atoms with van der Waals surface area (Å²) < 4.78 is 1.13. The number of anilines is 1. The van der Waals surface area contributed by atoms with Crippen LogP contribution >= 0.6 is 27.5 Å². The lowest BCUT2D eigenvalue weighted by Crippen LogP contribution is -2.56. The monoisotopic (exact) mass is 344 g/mol. The predicted octanol–water partition coefficient (Wildman–Crippen LogP) is 4.46. The van der Waals surface area contributed by atoms with Gasteiger partial charge in [-0.25, -0.2) is 0 Å². The number of nitrogens with one attached hydrogen (secondary N) is 1. The Balaban J connectivity index is 2.24. The van der Waals surface area contributed by atoms with Crippen LogP contribution in [-0.4, -0.2) is 25.2 Å². The number of halogens is 2. The Morgan fingerprint density at radius 2 is 2.21 bits per heavy atom. The van der Waals surface area contributed by atoms with Crippen LogP contribution in [0.1, 0.15) is 33.1 Å². The van der Waals surface area contributed by atoms with Crippen LogP contribution in [0.4, 0.5) is 5.69 Å². The number of hydrogen-bond acceptors (Lipinski definition) is 2. The Morgan fingerprint density at radius 1 is 1.42 bits per heavy atom. The Kier molecular flexibility index (Phi) is 5.55. The number of benzene rings is 1. The van der Waals surface area contributed by atoms with Crippen LogP contribution in [0.5, 0.6) is 0 Å². The fourth-order valence-electron chi connectivity index (χ4n) is 2.77. The summed E-state index contributed by atoms with van der Waals surface area (Å²) in [7, 11) is 0. The lowest BCUT2D eigenvalue weighted by atomic mass is 10.0. The van der Waals surface area contributed by atoms with Crippen LogP contribution in [0.2, 0.25) is 5.02 Å². The van der Waals surface area contributed by atoms with Gasteiger partial charge < -0.3 is 10.2 Å². The van der Waals surface area contributed by atoms with Crippen molar-refractivity contribution < 1.29 is 0 Å². The minimum absolute atomic E-state index is 0.544. The van der Waals surface area contributed by atoms with Crippen molar-refractivity contribution in [3.63, 3.8) is 0 Å². The Labute approximate surface area is 129 Å². The number of nitrogens with zero attached hydrogens (tertiary/aromatic N) is 1. The molecule has 0 spiro atoms. The minimum atomic E-state index is 0.544. The van der Waals surface area contributed by atoms with E-state index in [2.05, 4.69) is 46.1 Å². The molecule has 1 aromatic carbocycles. The molecule has 1 fully saturated rings. The summed E-state index contributed by atoms with van der Waals surface area (Å²) in [6.07, 6.45) is 3.59. The van der Waals surface area contributed by atoms with Gasteiger partial charge in [-0.15, -0.1) is 0 Å². The molecule has 2 rings (SSSR count). The second-order valence-electron chi connectivity index (χ2n) is 5.20. The van der Waals surface area contributed by atoms with Crippen LogP contribution < -0.4 is 10.2 Å². The summed E-state index contributed by atoms with van der Waals surface area (Å²) in [5.41, 5.74) is 1.22. The Morgan fingerprint density at radius 3 is 2.89 bits per heavy atom. The van der Waals surface area contributed by atoms with E-state index in [1.165, 1.54) is 18.5 Å². The van der Waals surface area contributed by atoms with Crippen LogP contribution in [0.3, 0.4) is 0 Å². The highest BCUT2D eigenvalue weighted by Crippen LogP contribution is 2.32. The minimum Gasteiger partial charge on any atom is -0.365 e. The third-order valence-corrected chi connectivity index (χ3v) is 4.73. The van der Waals surface area contributed by atoms with E-state index in [0.717, 1.165) is 29.0 Å². The summed E-state index contributed by atoms with van der Waals surface area (Å²) in [6.45, 7) is 6.61. The molecule has 0 aromatic heterocycles. The van der Waals surface area contributed by atoms with Crippen molar-refractivity contribution in [1.82, 2.24) is 5.32 Å². The Bertz CT molecular complexity index is 425. The molecule has 2 atom stereocenters. The van der Waals surface area contributed by atoms with Crippen LogP contribution in [-0.2, 0) is 0 Å². The van der Waals surface area contributed by atoms with Crippen LogP contribution in [0.25, 0.3) is 0 Å². The smallest absolute Gasteiger partial charge is 0.0529 e. The maximum Gasteiger partial charge on any atom is 0.0529 e. The van der Waals surface area contributed by atoms with Crippen molar-refractivity contribution in [2.45, 2.75) is 45.2 Å². The molecule has 4 heteroatoms. The van der Waals surface area contributed by atoms with E-state index in [0.29, 0.717) is 12.1 Å². The highest BCUT2D eigenvalue weighted by atomic mass is 79.9. The fourth-order valence-corrected chi connectivity index (χ4v) is 3.41. The van der Waals surface area contributed by atoms with Gasteiger partial charge in [0, 0.05) is 34.7 Å². The third-order valence-electron chi connectivity index (χ3n) is 3.83. The van der Waals surface area contributed by atoms with Gasteiger partial charge in [-0.2, -0.15) is 0 Å². The molecule has 1 heterocycles. The highest BCUT2D eigenvalue weighted by Gasteiger charge is 2.27. The molecule has 1 aromatic rings. The van der Waals surface area contributed by atoms with Crippen molar-refractivity contribution in [1.29, 1.82) is 0 Å². The number of piperazine rings is 1. The zero-order valence-electron chi connectivity index (χ0n) is 11.6. The molecule has 0 aliphatic carbocycles. The van der Waals surface area contributed by atoms with E-state index in [-0.39, 0.29) is 0 Å². The van der Waals surface area contributed by atoms with Gasteiger partial charge in [0.2, 0.25) is 0 Å². The van der Waals surface area contributed by atoms with Gasteiger partial charge in [0.15, 0.2) is 0 Å². The molecular weight excluding hydrogens is 324 g/mol. The van der Waals surface area contributed by atoms with Gasteiger partial charge in [-0.1, -0.05) is 31.9 Å². The van der Waals surface area contributed by atoms with Gasteiger partial charge in [0.05, 0.1) is 5.69 Å².